The Kier molecular flexibility index (Phi) is 6.50. The van der Waals surface area contributed by atoms with Crippen LogP contribution in [-0.4, -0.2) is 25.3 Å². The highest BCUT2D eigenvalue weighted by atomic mass is 79.9. The quantitative estimate of drug-likeness (QED) is 0.776. The number of benzene rings is 1. The van der Waals surface area contributed by atoms with E-state index in [9.17, 15) is 0 Å². The third-order valence-corrected chi connectivity index (χ3v) is 3.20. The summed E-state index contributed by atoms with van der Waals surface area (Å²) in [5.41, 5.74) is 1.25. The molecule has 0 amide bonds. The van der Waals surface area contributed by atoms with Gasteiger partial charge in [-0.1, -0.05) is 28.8 Å². The minimum Gasteiger partial charge on any atom is -0.396 e. The van der Waals surface area contributed by atoms with Crippen LogP contribution < -0.4 is 4.90 Å². The molecule has 0 aliphatic carbocycles. The Hall–Kier alpha value is -0.540. The van der Waals surface area contributed by atoms with Gasteiger partial charge in [0.05, 0.1) is 0 Å². The van der Waals surface area contributed by atoms with Crippen LogP contribution in [-0.2, 0) is 0 Å². The van der Waals surface area contributed by atoms with Gasteiger partial charge in [0.1, 0.15) is 0 Å². The van der Waals surface area contributed by atoms with Crippen LogP contribution in [0.25, 0.3) is 0 Å². The molecule has 1 aromatic carbocycles. The lowest BCUT2D eigenvalue weighted by atomic mass is 10.2. The second-order valence-corrected chi connectivity index (χ2v) is 4.95. The molecule has 3 heteroatoms. The van der Waals surface area contributed by atoms with Crippen LogP contribution in [0.5, 0.6) is 0 Å². The van der Waals surface area contributed by atoms with Crippen molar-refractivity contribution < 1.29 is 5.11 Å². The average molecular weight is 286 g/mol. The molecule has 0 saturated carbocycles. The van der Waals surface area contributed by atoms with E-state index >= 15 is 0 Å². The van der Waals surface area contributed by atoms with Gasteiger partial charge < -0.3 is 10.0 Å². The van der Waals surface area contributed by atoms with E-state index in [0.29, 0.717) is 6.61 Å². The van der Waals surface area contributed by atoms with Gasteiger partial charge in [-0.15, -0.1) is 0 Å². The molecule has 0 heterocycles. The first-order valence-corrected chi connectivity index (χ1v) is 6.61. The number of aliphatic hydroxyl groups excluding tert-OH is 1. The number of aliphatic hydroxyl groups is 1. The molecule has 0 aliphatic heterocycles. The Balaban J connectivity index is 2.24. The van der Waals surface area contributed by atoms with Crippen molar-refractivity contribution in [2.45, 2.75) is 25.7 Å². The summed E-state index contributed by atoms with van der Waals surface area (Å²) in [6.45, 7) is 1.40. The summed E-state index contributed by atoms with van der Waals surface area (Å²) in [6, 6.07) is 8.38. The fourth-order valence-corrected chi connectivity index (χ4v) is 1.90. The molecule has 0 atom stereocenters. The van der Waals surface area contributed by atoms with Gasteiger partial charge in [0.25, 0.3) is 0 Å². The summed E-state index contributed by atoms with van der Waals surface area (Å²) < 4.78 is 1.12. The van der Waals surface area contributed by atoms with Crippen molar-refractivity contribution in [2.24, 2.45) is 0 Å². The van der Waals surface area contributed by atoms with E-state index in [1.165, 1.54) is 18.5 Å². The molecule has 0 radical (unpaired) electrons. The average Bonchev–Trinajstić information content (AvgIpc) is 2.29. The molecule has 0 bridgehead atoms. The normalized spacial score (nSPS) is 10.4. The van der Waals surface area contributed by atoms with Gasteiger partial charge in [0.2, 0.25) is 0 Å². The highest BCUT2D eigenvalue weighted by Gasteiger charge is 1.99. The molecule has 0 unspecified atom stereocenters. The van der Waals surface area contributed by atoms with Gasteiger partial charge in [-0.3, -0.25) is 0 Å². The lowest BCUT2D eigenvalue weighted by Crippen LogP contribution is -2.18. The Morgan fingerprint density at radius 2 is 1.69 bits per heavy atom. The Morgan fingerprint density at radius 1 is 1.06 bits per heavy atom. The minimum atomic E-state index is 0.322. The zero-order valence-corrected chi connectivity index (χ0v) is 11.4. The smallest absolute Gasteiger partial charge is 0.0431 e. The first kappa shape index (κ1) is 13.5. The van der Waals surface area contributed by atoms with Gasteiger partial charge in [0.15, 0.2) is 0 Å². The van der Waals surface area contributed by atoms with Crippen molar-refractivity contribution in [1.29, 1.82) is 0 Å². The molecule has 1 rings (SSSR count). The van der Waals surface area contributed by atoms with Crippen LogP contribution >= 0.6 is 15.9 Å². The molecule has 0 aliphatic rings. The topological polar surface area (TPSA) is 23.5 Å². The van der Waals surface area contributed by atoms with E-state index in [0.717, 1.165) is 23.9 Å². The van der Waals surface area contributed by atoms with Crippen molar-refractivity contribution in [1.82, 2.24) is 0 Å². The summed E-state index contributed by atoms with van der Waals surface area (Å²) >= 11 is 3.43. The summed E-state index contributed by atoms with van der Waals surface area (Å²) in [5.74, 6) is 0. The summed E-state index contributed by atoms with van der Waals surface area (Å²) in [7, 11) is 2.12. The van der Waals surface area contributed by atoms with Crippen molar-refractivity contribution in [2.75, 3.05) is 25.1 Å². The maximum Gasteiger partial charge on any atom is 0.0431 e. The maximum absolute atomic E-state index is 8.66. The zero-order chi connectivity index (χ0) is 11.8. The van der Waals surface area contributed by atoms with Gasteiger partial charge in [-0.05, 0) is 37.1 Å². The number of unbranched alkanes of at least 4 members (excludes halogenated alkanes) is 3. The van der Waals surface area contributed by atoms with Crippen LogP contribution in [0.15, 0.2) is 28.7 Å². The van der Waals surface area contributed by atoms with E-state index in [4.69, 9.17) is 5.11 Å². The minimum absolute atomic E-state index is 0.322. The SMILES string of the molecule is CN(CCCCCCO)c1ccc(Br)cc1. The van der Waals surface area contributed by atoms with Crippen molar-refractivity contribution in [3.8, 4) is 0 Å². The number of hydrogen-bond donors (Lipinski definition) is 1. The highest BCUT2D eigenvalue weighted by molar-refractivity contribution is 9.10. The third-order valence-electron chi connectivity index (χ3n) is 2.67. The van der Waals surface area contributed by atoms with E-state index in [1.807, 2.05) is 0 Å². The molecule has 0 spiro atoms. The molecule has 0 aromatic heterocycles. The van der Waals surface area contributed by atoms with Crippen molar-refractivity contribution in [3.63, 3.8) is 0 Å². The predicted molar refractivity (Wildman–Crippen MR) is 73.0 cm³/mol. The molecule has 0 saturated heterocycles. The van der Waals surface area contributed by atoms with Crippen LogP contribution in [0.4, 0.5) is 5.69 Å². The van der Waals surface area contributed by atoms with Gasteiger partial charge in [0, 0.05) is 30.4 Å². The number of halogens is 1. The monoisotopic (exact) mass is 285 g/mol. The standard InChI is InChI=1S/C13H20BrNO/c1-15(10-4-2-3-5-11-16)13-8-6-12(14)7-9-13/h6-9,16H,2-5,10-11H2,1H3. The van der Waals surface area contributed by atoms with E-state index in [2.05, 4.69) is 52.1 Å². The number of hydrogen-bond acceptors (Lipinski definition) is 2. The van der Waals surface area contributed by atoms with Gasteiger partial charge >= 0.3 is 0 Å². The second kappa shape index (κ2) is 7.69. The van der Waals surface area contributed by atoms with E-state index < -0.39 is 0 Å². The molecule has 1 aromatic rings. The summed E-state index contributed by atoms with van der Waals surface area (Å²) in [4.78, 5) is 2.27. The first-order chi connectivity index (χ1) is 7.74. The molecule has 16 heavy (non-hydrogen) atoms. The van der Waals surface area contributed by atoms with Crippen LogP contribution in [0.3, 0.4) is 0 Å². The summed E-state index contributed by atoms with van der Waals surface area (Å²) in [5, 5.41) is 8.66. The zero-order valence-electron chi connectivity index (χ0n) is 9.82. The maximum atomic E-state index is 8.66. The van der Waals surface area contributed by atoms with Gasteiger partial charge in [-0.2, -0.15) is 0 Å². The van der Waals surface area contributed by atoms with E-state index in [1.54, 1.807) is 0 Å². The van der Waals surface area contributed by atoms with E-state index in [-0.39, 0.29) is 0 Å². The first-order valence-electron chi connectivity index (χ1n) is 5.81. The lowest BCUT2D eigenvalue weighted by molar-refractivity contribution is 0.282. The number of nitrogens with zero attached hydrogens (tertiary/aromatic N) is 1. The van der Waals surface area contributed by atoms with Crippen molar-refractivity contribution >= 4 is 21.6 Å². The highest BCUT2D eigenvalue weighted by Crippen LogP contribution is 2.17. The molecular formula is C13H20BrNO. The summed E-state index contributed by atoms with van der Waals surface area (Å²) in [6.07, 6.45) is 4.45. The second-order valence-electron chi connectivity index (χ2n) is 4.04. The number of rotatable bonds is 7. The molecule has 1 N–H and O–H groups in total. The van der Waals surface area contributed by atoms with Crippen LogP contribution in [0.2, 0.25) is 0 Å². The fourth-order valence-electron chi connectivity index (χ4n) is 1.64. The third kappa shape index (κ3) is 4.99. The molecule has 90 valence electrons. The molecule has 0 fully saturated rings. The molecule has 2 nitrogen and oxygen atoms in total. The fraction of sp³-hybridized carbons (Fsp3) is 0.538. The Bertz CT molecular complexity index is 286. The van der Waals surface area contributed by atoms with Crippen molar-refractivity contribution in [3.05, 3.63) is 28.7 Å². The lowest BCUT2D eigenvalue weighted by Gasteiger charge is -2.19. The largest absolute Gasteiger partial charge is 0.396 e. The van der Waals surface area contributed by atoms with Crippen LogP contribution in [0, 0.1) is 0 Å². The predicted octanol–water partition coefficient (Wildman–Crippen LogP) is 3.44. The Labute approximate surface area is 106 Å². The van der Waals surface area contributed by atoms with Gasteiger partial charge in [-0.25, -0.2) is 0 Å². The van der Waals surface area contributed by atoms with Crippen LogP contribution in [0.1, 0.15) is 25.7 Å². The number of anilines is 1. The molecular weight excluding hydrogens is 266 g/mol. The Morgan fingerprint density at radius 3 is 2.31 bits per heavy atom.